The lowest BCUT2D eigenvalue weighted by molar-refractivity contribution is 0.0600. The van der Waals surface area contributed by atoms with Crippen LogP contribution in [0.25, 0.3) is 0 Å². The number of carbonyl (C=O) groups excluding carboxylic acids is 1. The molecule has 0 bridgehead atoms. The highest BCUT2D eigenvalue weighted by molar-refractivity contribution is 9.10. The van der Waals surface area contributed by atoms with E-state index in [0.29, 0.717) is 11.3 Å². The molecule has 0 fully saturated rings. The van der Waals surface area contributed by atoms with Gasteiger partial charge in [0.1, 0.15) is 5.75 Å². The van der Waals surface area contributed by atoms with Crippen molar-refractivity contribution < 1.29 is 14.3 Å². The number of ether oxygens (including phenoxy) is 2. The molecule has 0 spiro atoms. The Labute approximate surface area is 90.5 Å². The second kappa shape index (κ2) is 4.81. The number of halogens is 1. The highest BCUT2D eigenvalue weighted by Gasteiger charge is 2.08. The van der Waals surface area contributed by atoms with Crippen LogP contribution in [-0.2, 0) is 4.74 Å². The lowest BCUT2D eigenvalue weighted by atomic mass is 10.2. The van der Waals surface area contributed by atoms with Gasteiger partial charge in [0.25, 0.3) is 0 Å². The largest absolute Gasteiger partial charge is 0.465 e. The topological polar surface area (TPSA) is 35.5 Å². The predicted molar refractivity (Wildman–Crippen MR) is 56.3 cm³/mol. The zero-order valence-electron chi connectivity index (χ0n) is 7.62. The molecule has 14 heavy (non-hydrogen) atoms. The van der Waals surface area contributed by atoms with Crippen LogP contribution < -0.4 is 4.74 Å². The standard InChI is InChI=1S/C10H9BrO3/c1-3-14-9-6-7(10(12)13-2)4-5-8(9)11/h3-6H,1H2,2H3. The highest BCUT2D eigenvalue weighted by Crippen LogP contribution is 2.26. The van der Waals surface area contributed by atoms with Crippen molar-refractivity contribution in [3.8, 4) is 5.75 Å². The minimum absolute atomic E-state index is 0.397. The molecule has 0 amide bonds. The molecule has 0 radical (unpaired) electrons. The molecule has 1 aromatic carbocycles. The van der Waals surface area contributed by atoms with Gasteiger partial charge < -0.3 is 9.47 Å². The molecule has 0 aromatic heterocycles. The first-order valence-electron chi connectivity index (χ1n) is 3.84. The molecule has 0 aliphatic carbocycles. The van der Waals surface area contributed by atoms with Gasteiger partial charge in [-0.2, -0.15) is 0 Å². The second-order valence-corrected chi connectivity index (χ2v) is 3.28. The van der Waals surface area contributed by atoms with Crippen LogP contribution in [0.2, 0.25) is 0 Å². The van der Waals surface area contributed by atoms with Crippen LogP contribution >= 0.6 is 15.9 Å². The summed E-state index contributed by atoms with van der Waals surface area (Å²) < 4.78 is 10.4. The van der Waals surface area contributed by atoms with E-state index in [9.17, 15) is 4.79 Å². The van der Waals surface area contributed by atoms with Crippen LogP contribution in [0.1, 0.15) is 10.4 Å². The minimum Gasteiger partial charge on any atom is -0.465 e. The second-order valence-electron chi connectivity index (χ2n) is 2.42. The third kappa shape index (κ3) is 2.35. The Morgan fingerprint density at radius 1 is 1.57 bits per heavy atom. The third-order valence-corrected chi connectivity index (χ3v) is 2.22. The van der Waals surface area contributed by atoms with Crippen molar-refractivity contribution in [1.82, 2.24) is 0 Å². The molecule has 74 valence electrons. The number of hydrogen-bond donors (Lipinski definition) is 0. The molecule has 0 atom stereocenters. The van der Waals surface area contributed by atoms with Crippen molar-refractivity contribution in [2.45, 2.75) is 0 Å². The molecular weight excluding hydrogens is 248 g/mol. The summed E-state index contributed by atoms with van der Waals surface area (Å²) in [6.45, 7) is 3.43. The fourth-order valence-electron chi connectivity index (χ4n) is 0.928. The average Bonchev–Trinajstić information content (AvgIpc) is 2.20. The summed E-state index contributed by atoms with van der Waals surface area (Å²) in [6, 6.07) is 4.94. The van der Waals surface area contributed by atoms with Crippen LogP contribution in [0.4, 0.5) is 0 Å². The monoisotopic (exact) mass is 256 g/mol. The van der Waals surface area contributed by atoms with Crippen molar-refractivity contribution in [3.05, 3.63) is 41.1 Å². The fraction of sp³-hybridized carbons (Fsp3) is 0.100. The van der Waals surface area contributed by atoms with E-state index < -0.39 is 5.97 Å². The molecule has 1 aromatic rings. The minimum atomic E-state index is -0.397. The van der Waals surface area contributed by atoms with E-state index in [-0.39, 0.29) is 0 Å². The molecule has 3 nitrogen and oxygen atoms in total. The SMILES string of the molecule is C=COc1cc(C(=O)OC)ccc1Br. The van der Waals surface area contributed by atoms with Gasteiger partial charge >= 0.3 is 5.97 Å². The Bertz CT molecular complexity index is 360. The maximum absolute atomic E-state index is 11.2. The number of carbonyl (C=O) groups is 1. The van der Waals surface area contributed by atoms with Crippen LogP contribution in [0.5, 0.6) is 5.75 Å². The van der Waals surface area contributed by atoms with Gasteiger partial charge in [-0.25, -0.2) is 4.79 Å². The Kier molecular flexibility index (Phi) is 3.71. The summed E-state index contributed by atoms with van der Waals surface area (Å²) in [5.74, 6) is 0.134. The van der Waals surface area contributed by atoms with Crippen LogP contribution in [0.15, 0.2) is 35.5 Å². The fourth-order valence-corrected chi connectivity index (χ4v) is 1.27. The smallest absolute Gasteiger partial charge is 0.337 e. The van der Waals surface area contributed by atoms with Gasteiger partial charge in [0.05, 0.1) is 23.4 Å². The summed E-state index contributed by atoms with van der Waals surface area (Å²) in [6.07, 6.45) is 1.29. The van der Waals surface area contributed by atoms with Crippen LogP contribution in [0.3, 0.4) is 0 Å². The van der Waals surface area contributed by atoms with Gasteiger partial charge in [0, 0.05) is 0 Å². The third-order valence-electron chi connectivity index (χ3n) is 1.56. The van der Waals surface area contributed by atoms with E-state index in [4.69, 9.17) is 4.74 Å². The van der Waals surface area contributed by atoms with E-state index >= 15 is 0 Å². The van der Waals surface area contributed by atoms with Crippen molar-refractivity contribution in [2.24, 2.45) is 0 Å². The lowest BCUT2D eigenvalue weighted by Crippen LogP contribution is -2.01. The van der Waals surface area contributed by atoms with E-state index in [2.05, 4.69) is 27.2 Å². The highest BCUT2D eigenvalue weighted by atomic mass is 79.9. The first kappa shape index (κ1) is 10.8. The lowest BCUT2D eigenvalue weighted by Gasteiger charge is -2.05. The Morgan fingerprint density at radius 3 is 2.86 bits per heavy atom. The van der Waals surface area contributed by atoms with E-state index in [1.54, 1.807) is 18.2 Å². The number of benzene rings is 1. The molecule has 0 saturated heterocycles. The Hall–Kier alpha value is -1.29. The summed E-state index contributed by atoms with van der Waals surface area (Å²) in [5.41, 5.74) is 0.438. The maximum Gasteiger partial charge on any atom is 0.337 e. The van der Waals surface area contributed by atoms with Gasteiger partial charge in [-0.3, -0.25) is 0 Å². The summed E-state index contributed by atoms with van der Waals surface area (Å²) >= 11 is 3.28. The quantitative estimate of drug-likeness (QED) is 0.617. The van der Waals surface area contributed by atoms with Crippen molar-refractivity contribution in [1.29, 1.82) is 0 Å². The van der Waals surface area contributed by atoms with E-state index in [0.717, 1.165) is 4.47 Å². The molecule has 0 aliphatic heterocycles. The molecule has 0 aliphatic rings. The van der Waals surface area contributed by atoms with Crippen LogP contribution in [-0.4, -0.2) is 13.1 Å². The normalized spacial score (nSPS) is 9.29. The maximum atomic E-state index is 11.2. The van der Waals surface area contributed by atoms with Crippen molar-refractivity contribution >= 4 is 21.9 Å². The molecule has 0 N–H and O–H groups in total. The van der Waals surface area contributed by atoms with Gasteiger partial charge in [-0.15, -0.1) is 0 Å². The summed E-state index contributed by atoms with van der Waals surface area (Å²) in [7, 11) is 1.33. The number of hydrogen-bond acceptors (Lipinski definition) is 3. The first-order chi connectivity index (χ1) is 6.69. The van der Waals surface area contributed by atoms with E-state index in [1.165, 1.54) is 13.4 Å². The molecule has 0 saturated carbocycles. The van der Waals surface area contributed by atoms with Crippen molar-refractivity contribution in [2.75, 3.05) is 7.11 Å². The molecular formula is C10H9BrO3. The number of esters is 1. The molecule has 0 heterocycles. The first-order valence-corrected chi connectivity index (χ1v) is 4.63. The Morgan fingerprint density at radius 2 is 2.29 bits per heavy atom. The molecule has 4 heteroatoms. The number of rotatable bonds is 3. The summed E-state index contributed by atoms with van der Waals surface area (Å²) in [5, 5.41) is 0. The van der Waals surface area contributed by atoms with Crippen molar-refractivity contribution in [3.63, 3.8) is 0 Å². The van der Waals surface area contributed by atoms with Crippen LogP contribution in [0, 0.1) is 0 Å². The predicted octanol–water partition coefficient (Wildman–Crippen LogP) is 2.76. The zero-order valence-corrected chi connectivity index (χ0v) is 9.21. The van der Waals surface area contributed by atoms with E-state index in [1.807, 2.05) is 0 Å². The summed E-state index contributed by atoms with van der Waals surface area (Å²) in [4.78, 5) is 11.2. The molecule has 0 unspecified atom stereocenters. The molecule has 1 rings (SSSR count). The number of methoxy groups -OCH3 is 1. The zero-order chi connectivity index (χ0) is 10.6. The van der Waals surface area contributed by atoms with Gasteiger partial charge in [-0.05, 0) is 34.1 Å². The van der Waals surface area contributed by atoms with Gasteiger partial charge in [-0.1, -0.05) is 6.58 Å². The Balaban J connectivity index is 3.05. The van der Waals surface area contributed by atoms with Gasteiger partial charge in [0.15, 0.2) is 0 Å². The average molecular weight is 257 g/mol. The van der Waals surface area contributed by atoms with Gasteiger partial charge in [0.2, 0.25) is 0 Å².